The van der Waals surface area contributed by atoms with E-state index in [1.54, 1.807) is 11.9 Å². The summed E-state index contributed by atoms with van der Waals surface area (Å²) in [6.45, 7) is 5.32. The summed E-state index contributed by atoms with van der Waals surface area (Å²) in [6, 6.07) is 9.09. The van der Waals surface area contributed by atoms with Crippen LogP contribution in [0.15, 0.2) is 30.3 Å². The molecule has 1 heterocycles. The highest BCUT2D eigenvalue weighted by Gasteiger charge is 2.32. The van der Waals surface area contributed by atoms with Gasteiger partial charge in [-0.05, 0) is 30.7 Å². The van der Waals surface area contributed by atoms with Gasteiger partial charge in [0.25, 0.3) is 0 Å². The zero-order chi connectivity index (χ0) is 19.1. The average Bonchev–Trinajstić information content (AvgIpc) is 2.66. The van der Waals surface area contributed by atoms with E-state index in [0.29, 0.717) is 13.1 Å². The van der Waals surface area contributed by atoms with Crippen LogP contribution < -0.4 is 5.73 Å². The Morgan fingerprint density at radius 1 is 1.27 bits per heavy atom. The van der Waals surface area contributed by atoms with E-state index in [4.69, 9.17) is 10.5 Å². The maximum atomic E-state index is 12.7. The molecule has 1 aromatic rings. The fourth-order valence-electron chi connectivity index (χ4n) is 3.18. The second-order valence-electron chi connectivity index (χ2n) is 7.37. The summed E-state index contributed by atoms with van der Waals surface area (Å²) in [5.41, 5.74) is 7.01. The summed E-state index contributed by atoms with van der Waals surface area (Å²) in [4.78, 5) is 28.4. The monoisotopic (exact) mass is 361 g/mol. The summed E-state index contributed by atoms with van der Waals surface area (Å²) in [7, 11) is 1.72. The number of carbonyl (C=O) groups is 2. The van der Waals surface area contributed by atoms with Crippen LogP contribution in [0.5, 0.6) is 0 Å². The molecule has 2 rings (SSSR count). The number of nitrogens with two attached hydrogens (primary N) is 1. The third kappa shape index (κ3) is 5.46. The highest BCUT2D eigenvalue weighted by Crippen LogP contribution is 2.20. The standard InChI is InChI=1S/C20H31N3O3/c1-15(2)18(21)19(24)23-12-8-7-11-17(23)13-22(3)20(25)26-14-16-9-5-4-6-10-16/h4-6,9-10,15,17-18H,7-8,11-14,21H2,1-3H3/t17-,18-/m0/s1. The Kier molecular flexibility index (Phi) is 7.45. The Morgan fingerprint density at radius 3 is 2.62 bits per heavy atom. The topological polar surface area (TPSA) is 75.9 Å². The van der Waals surface area contributed by atoms with Crippen molar-refractivity contribution in [3.8, 4) is 0 Å². The first kappa shape index (κ1) is 20.2. The van der Waals surface area contributed by atoms with E-state index in [9.17, 15) is 9.59 Å². The lowest BCUT2D eigenvalue weighted by atomic mass is 9.97. The van der Waals surface area contributed by atoms with Crippen molar-refractivity contribution in [2.45, 2.75) is 51.8 Å². The molecule has 6 nitrogen and oxygen atoms in total. The third-order valence-electron chi connectivity index (χ3n) is 4.92. The molecule has 0 spiro atoms. The number of likely N-dealkylation sites (N-methyl/N-ethyl adjacent to an activating group) is 1. The van der Waals surface area contributed by atoms with Gasteiger partial charge in [-0.15, -0.1) is 0 Å². The quantitative estimate of drug-likeness (QED) is 0.845. The fourth-order valence-corrected chi connectivity index (χ4v) is 3.18. The second-order valence-corrected chi connectivity index (χ2v) is 7.37. The predicted molar refractivity (Wildman–Crippen MR) is 101 cm³/mol. The fraction of sp³-hybridized carbons (Fsp3) is 0.600. The van der Waals surface area contributed by atoms with Gasteiger partial charge in [0.2, 0.25) is 5.91 Å². The van der Waals surface area contributed by atoms with E-state index in [2.05, 4.69) is 0 Å². The Bertz CT molecular complexity index is 591. The van der Waals surface area contributed by atoms with E-state index >= 15 is 0 Å². The summed E-state index contributed by atoms with van der Waals surface area (Å²) >= 11 is 0. The number of carbonyl (C=O) groups excluding carboxylic acids is 2. The summed E-state index contributed by atoms with van der Waals surface area (Å²) < 4.78 is 5.37. The normalized spacial score (nSPS) is 18.5. The highest BCUT2D eigenvalue weighted by atomic mass is 16.6. The molecular formula is C20H31N3O3. The minimum atomic E-state index is -0.495. The molecular weight excluding hydrogens is 330 g/mol. The SMILES string of the molecule is CC(C)[C@H](N)C(=O)N1CCCC[C@H]1CN(C)C(=O)OCc1ccccc1. The smallest absolute Gasteiger partial charge is 0.409 e. The van der Waals surface area contributed by atoms with Gasteiger partial charge >= 0.3 is 6.09 Å². The summed E-state index contributed by atoms with van der Waals surface area (Å²) in [5.74, 6) is 0.0781. The molecule has 1 aromatic carbocycles. The van der Waals surface area contributed by atoms with Crippen LogP contribution in [0.25, 0.3) is 0 Å². The van der Waals surface area contributed by atoms with Crippen molar-refractivity contribution < 1.29 is 14.3 Å². The van der Waals surface area contributed by atoms with Crippen LogP contribution in [0.4, 0.5) is 4.79 Å². The van der Waals surface area contributed by atoms with Crippen molar-refractivity contribution >= 4 is 12.0 Å². The number of benzene rings is 1. The van der Waals surface area contributed by atoms with Gasteiger partial charge in [-0.3, -0.25) is 4.79 Å². The number of rotatable bonds is 6. The highest BCUT2D eigenvalue weighted by molar-refractivity contribution is 5.82. The molecule has 0 aliphatic carbocycles. The molecule has 0 unspecified atom stereocenters. The molecule has 1 saturated heterocycles. The van der Waals surface area contributed by atoms with Gasteiger partial charge in [-0.1, -0.05) is 44.2 Å². The Morgan fingerprint density at radius 2 is 1.96 bits per heavy atom. The number of ether oxygens (including phenoxy) is 1. The zero-order valence-corrected chi connectivity index (χ0v) is 16.1. The molecule has 0 radical (unpaired) electrons. The minimum Gasteiger partial charge on any atom is -0.445 e. The Hall–Kier alpha value is -2.08. The molecule has 1 aliphatic rings. The van der Waals surface area contributed by atoms with Gasteiger partial charge in [-0.25, -0.2) is 4.79 Å². The van der Waals surface area contributed by atoms with Gasteiger partial charge in [0, 0.05) is 26.2 Å². The molecule has 6 heteroatoms. The maximum Gasteiger partial charge on any atom is 0.409 e. The molecule has 1 aliphatic heterocycles. The number of hydrogen-bond donors (Lipinski definition) is 1. The molecule has 2 N–H and O–H groups in total. The first-order valence-electron chi connectivity index (χ1n) is 9.38. The maximum absolute atomic E-state index is 12.7. The predicted octanol–water partition coefficient (Wildman–Crippen LogP) is 2.62. The van der Waals surface area contributed by atoms with Crippen LogP contribution in [-0.2, 0) is 16.1 Å². The number of amides is 2. The first-order chi connectivity index (χ1) is 12.4. The van der Waals surface area contributed by atoms with E-state index in [1.165, 1.54) is 0 Å². The molecule has 26 heavy (non-hydrogen) atoms. The molecule has 1 fully saturated rings. The van der Waals surface area contributed by atoms with Crippen LogP contribution >= 0.6 is 0 Å². The molecule has 2 atom stereocenters. The van der Waals surface area contributed by atoms with E-state index in [0.717, 1.165) is 24.8 Å². The van der Waals surface area contributed by atoms with E-state index in [1.807, 2.05) is 49.1 Å². The lowest BCUT2D eigenvalue weighted by Crippen LogP contribution is -2.55. The third-order valence-corrected chi connectivity index (χ3v) is 4.92. The van der Waals surface area contributed by atoms with Crippen molar-refractivity contribution in [2.75, 3.05) is 20.1 Å². The van der Waals surface area contributed by atoms with Gasteiger partial charge in [-0.2, -0.15) is 0 Å². The van der Waals surface area contributed by atoms with E-state index in [-0.39, 0.29) is 30.6 Å². The zero-order valence-electron chi connectivity index (χ0n) is 16.1. The van der Waals surface area contributed by atoms with Crippen molar-refractivity contribution in [1.82, 2.24) is 9.80 Å². The Balaban J connectivity index is 1.91. The largest absolute Gasteiger partial charge is 0.445 e. The lowest BCUT2D eigenvalue weighted by molar-refractivity contribution is -0.137. The van der Waals surface area contributed by atoms with Crippen LogP contribution in [-0.4, -0.2) is 54.0 Å². The first-order valence-corrected chi connectivity index (χ1v) is 9.38. The number of piperidine rings is 1. The van der Waals surface area contributed by atoms with Crippen LogP contribution in [0, 0.1) is 5.92 Å². The van der Waals surface area contributed by atoms with Crippen molar-refractivity contribution in [3.05, 3.63) is 35.9 Å². The van der Waals surface area contributed by atoms with Gasteiger partial charge in [0.05, 0.1) is 6.04 Å². The average molecular weight is 361 g/mol. The van der Waals surface area contributed by atoms with E-state index < -0.39 is 6.04 Å². The van der Waals surface area contributed by atoms with Gasteiger partial charge in [0.1, 0.15) is 6.61 Å². The lowest BCUT2D eigenvalue weighted by Gasteiger charge is -2.39. The number of hydrogen-bond acceptors (Lipinski definition) is 4. The van der Waals surface area contributed by atoms with Crippen LogP contribution in [0.3, 0.4) is 0 Å². The number of nitrogens with zero attached hydrogens (tertiary/aromatic N) is 2. The summed E-state index contributed by atoms with van der Waals surface area (Å²) in [5, 5.41) is 0. The molecule has 0 bridgehead atoms. The number of likely N-dealkylation sites (tertiary alicyclic amines) is 1. The molecule has 2 amide bonds. The van der Waals surface area contributed by atoms with Crippen LogP contribution in [0.1, 0.15) is 38.7 Å². The van der Waals surface area contributed by atoms with Gasteiger partial charge in [0.15, 0.2) is 0 Å². The second kappa shape index (κ2) is 9.57. The minimum absolute atomic E-state index is 0.00433. The van der Waals surface area contributed by atoms with Crippen molar-refractivity contribution in [3.63, 3.8) is 0 Å². The summed E-state index contributed by atoms with van der Waals surface area (Å²) in [6.07, 6.45) is 2.54. The molecule has 0 saturated carbocycles. The van der Waals surface area contributed by atoms with Crippen molar-refractivity contribution in [2.24, 2.45) is 11.7 Å². The van der Waals surface area contributed by atoms with Gasteiger partial charge < -0.3 is 20.3 Å². The van der Waals surface area contributed by atoms with Crippen molar-refractivity contribution in [1.29, 1.82) is 0 Å². The molecule has 144 valence electrons. The van der Waals surface area contributed by atoms with Crippen LogP contribution in [0.2, 0.25) is 0 Å². The molecule has 0 aromatic heterocycles. The Labute approximate surface area is 156 Å².